The zero-order valence-corrected chi connectivity index (χ0v) is 16.1. The second kappa shape index (κ2) is 7.61. The number of rotatable bonds is 5. The average Bonchev–Trinajstić information content (AvgIpc) is 3.26. The third-order valence-corrected chi connectivity index (χ3v) is 5.89. The van der Waals surface area contributed by atoms with Crippen molar-refractivity contribution in [3.8, 4) is 5.75 Å². The highest BCUT2D eigenvalue weighted by Gasteiger charge is 2.19. The largest absolute Gasteiger partial charge is 0.490 e. The summed E-state index contributed by atoms with van der Waals surface area (Å²) in [7, 11) is 2.11. The van der Waals surface area contributed by atoms with E-state index in [1.165, 1.54) is 6.07 Å². The fourth-order valence-corrected chi connectivity index (χ4v) is 4.06. The Bertz CT molecular complexity index is 1000. The van der Waals surface area contributed by atoms with E-state index < -0.39 is 5.97 Å². The van der Waals surface area contributed by atoms with Crippen molar-refractivity contribution in [1.82, 2.24) is 15.1 Å². The maximum Gasteiger partial charge on any atom is 0.345 e. The van der Waals surface area contributed by atoms with Crippen molar-refractivity contribution in [2.75, 3.05) is 25.5 Å². The number of nitrogens with one attached hydrogen (secondary N) is 2. The number of piperidine rings is 1. The van der Waals surface area contributed by atoms with Gasteiger partial charge in [0.15, 0.2) is 5.82 Å². The molecule has 9 heteroatoms. The smallest absolute Gasteiger partial charge is 0.345 e. The van der Waals surface area contributed by atoms with Crippen LogP contribution in [-0.2, 0) is 0 Å². The van der Waals surface area contributed by atoms with E-state index in [9.17, 15) is 9.59 Å². The summed E-state index contributed by atoms with van der Waals surface area (Å²) in [5.74, 6) is -0.252. The van der Waals surface area contributed by atoms with Gasteiger partial charge in [-0.1, -0.05) is 0 Å². The number of aromatic nitrogens is 2. The number of thiophene rings is 1. The van der Waals surface area contributed by atoms with E-state index in [2.05, 4.69) is 27.5 Å². The van der Waals surface area contributed by atoms with Crippen LogP contribution in [0, 0.1) is 0 Å². The van der Waals surface area contributed by atoms with Gasteiger partial charge >= 0.3 is 5.97 Å². The second-order valence-corrected chi connectivity index (χ2v) is 7.88. The molecule has 1 aliphatic heterocycles. The molecule has 1 saturated heterocycles. The molecule has 146 valence electrons. The highest BCUT2D eigenvalue weighted by atomic mass is 32.1. The van der Waals surface area contributed by atoms with E-state index in [0.717, 1.165) is 43.0 Å². The van der Waals surface area contributed by atoms with Crippen LogP contribution < -0.4 is 10.1 Å². The molecule has 0 unspecified atom stereocenters. The number of hydrogen-bond donors (Lipinski definition) is 3. The van der Waals surface area contributed by atoms with Crippen LogP contribution in [0.25, 0.3) is 10.2 Å². The van der Waals surface area contributed by atoms with Gasteiger partial charge < -0.3 is 20.1 Å². The van der Waals surface area contributed by atoms with Crippen molar-refractivity contribution >= 4 is 39.2 Å². The molecule has 2 aromatic heterocycles. The topological polar surface area (TPSA) is 108 Å². The summed E-state index contributed by atoms with van der Waals surface area (Å²) in [6.07, 6.45) is 2.19. The number of benzene rings is 1. The van der Waals surface area contributed by atoms with Gasteiger partial charge in [0.1, 0.15) is 16.7 Å². The Hall–Kier alpha value is -2.91. The van der Waals surface area contributed by atoms with Crippen LogP contribution >= 0.6 is 11.3 Å². The number of aromatic amines is 1. The van der Waals surface area contributed by atoms with E-state index in [-0.39, 0.29) is 16.9 Å². The Labute approximate surface area is 165 Å². The molecule has 1 fully saturated rings. The number of carboxylic acids is 1. The fourth-order valence-electron chi connectivity index (χ4n) is 3.17. The Balaban J connectivity index is 1.41. The molecule has 8 nitrogen and oxygen atoms in total. The number of hydrogen-bond acceptors (Lipinski definition) is 6. The lowest BCUT2D eigenvalue weighted by Crippen LogP contribution is -2.35. The summed E-state index contributed by atoms with van der Waals surface area (Å²) in [5, 5.41) is 18.6. The van der Waals surface area contributed by atoms with E-state index in [1.807, 2.05) is 0 Å². The lowest BCUT2D eigenvalue weighted by Gasteiger charge is -2.29. The second-order valence-electron chi connectivity index (χ2n) is 6.83. The van der Waals surface area contributed by atoms with Crippen LogP contribution in [0.2, 0.25) is 0 Å². The lowest BCUT2D eigenvalue weighted by atomic mass is 10.1. The molecule has 0 saturated carbocycles. The number of nitrogens with zero attached hydrogens (tertiary/aromatic N) is 2. The number of amides is 1. The molecule has 0 spiro atoms. The summed E-state index contributed by atoms with van der Waals surface area (Å²) < 4.78 is 6.60. The van der Waals surface area contributed by atoms with Crippen molar-refractivity contribution < 1.29 is 19.4 Å². The summed E-state index contributed by atoms with van der Waals surface area (Å²) in [5.41, 5.74) is 1.06. The predicted octanol–water partition coefficient (Wildman–Crippen LogP) is 3.05. The number of carboxylic acid groups (broad SMARTS) is 1. The van der Waals surface area contributed by atoms with E-state index in [4.69, 9.17) is 9.84 Å². The first-order valence-corrected chi connectivity index (χ1v) is 9.79. The third-order valence-electron chi connectivity index (χ3n) is 4.76. The number of H-pyrrole nitrogens is 1. The molecule has 1 aromatic carbocycles. The van der Waals surface area contributed by atoms with Crippen molar-refractivity contribution in [2.45, 2.75) is 18.9 Å². The van der Waals surface area contributed by atoms with Crippen LogP contribution in [0.15, 0.2) is 30.3 Å². The number of carbonyl (C=O) groups is 2. The normalized spacial score (nSPS) is 15.6. The molecule has 0 aliphatic carbocycles. The highest BCUT2D eigenvalue weighted by Crippen LogP contribution is 2.30. The molecule has 4 rings (SSSR count). The molecule has 3 aromatic rings. The fraction of sp³-hybridized carbons (Fsp3) is 0.316. The van der Waals surface area contributed by atoms with Crippen molar-refractivity contribution in [1.29, 1.82) is 0 Å². The van der Waals surface area contributed by atoms with Gasteiger partial charge in [0.05, 0.1) is 10.2 Å². The summed E-state index contributed by atoms with van der Waals surface area (Å²) in [6, 6.07) is 8.50. The Morgan fingerprint density at radius 3 is 2.68 bits per heavy atom. The molecule has 0 radical (unpaired) electrons. The quantitative estimate of drug-likeness (QED) is 0.608. The molecule has 1 amide bonds. The summed E-state index contributed by atoms with van der Waals surface area (Å²) >= 11 is 1.07. The molecular weight excluding hydrogens is 380 g/mol. The molecule has 0 bridgehead atoms. The van der Waals surface area contributed by atoms with Crippen molar-refractivity contribution in [2.24, 2.45) is 0 Å². The van der Waals surface area contributed by atoms with E-state index in [0.29, 0.717) is 21.6 Å². The van der Waals surface area contributed by atoms with Gasteiger partial charge in [-0.05, 0) is 50.2 Å². The number of likely N-dealkylation sites (tertiary alicyclic amines) is 1. The lowest BCUT2D eigenvalue weighted by molar-refractivity contribution is 0.0702. The Kier molecular flexibility index (Phi) is 5.01. The van der Waals surface area contributed by atoms with Gasteiger partial charge in [-0.2, -0.15) is 5.10 Å². The van der Waals surface area contributed by atoms with Crippen LogP contribution in [0.5, 0.6) is 5.75 Å². The molecule has 28 heavy (non-hydrogen) atoms. The maximum atomic E-state index is 12.5. The molecular formula is C19H20N4O4S. The van der Waals surface area contributed by atoms with Crippen molar-refractivity contribution in [3.63, 3.8) is 0 Å². The van der Waals surface area contributed by atoms with Gasteiger partial charge in [0.25, 0.3) is 5.91 Å². The van der Waals surface area contributed by atoms with E-state index >= 15 is 0 Å². The summed E-state index contributed by atoms with van der Waals surface area (Å²) in [4.78, 5) is 26.1. The molecule has 3 N–H and O–H groups in total. The zero-order valence-electron chi connectivity index (χ0n) is 15.3. The number of anilines is 1. The molecule has 0 atom stereocenters. The zero-order chi connectivity index (χ0) is 19.7. The number of fused-ring (bicyclic) bond motifs is 1. The Morgan fingerprint density at radius 1 is 1.29 bits per heavy atom. The average molecular weight is 400 g/mol. The Morgan fingerprint density at radius 2 is 2.00 bits per heavy atom. The van der Waals surface area contributed by atoms with Gasteiger partial charge in [0, 0.05) is 18.7 Å². The monoisotopic (exact) mass is 400 g/mol. The minimum atomic E-state index is -1.01. The van der Waals surface area contributed by atoms with Crippen LogP contribution in [0.4, 0.5) is 5.82 Å². The first-order chi connectivity index (χ1) is 13.5. The first-order valence-electron chi connectivity index (χ1n) is 8.97. The minimum absolute atomic E-state index is 0.189. The summed E-state index contributed by atoms with van der Waals surface area (Å²) in [6.45, 7) is 2.05. The van der Waals surface area contributed by atoms with Crippen LogP contribution in [0.1, 0.15) is 32.9 Å². The SMILES string of the molecule is CN1CCC(Oc2ccc(C(=O)Nc3n[nH]c4cc(C(=O)O)sc34)cc2)CC1. The molecule has 3 heterocycles. The van der Waals surface area contributed by atoms with Crippen molar-refractivity contribution in [3.05, 3.63) is 40.8 Å². The first kappa shape index (κ1) is 18.5. The predicted molar refractivity (Wildman–Crippen MR) is 106 cm³/mol. The minimum Gasteiger partial charge on any atom is -0.490 e. The van der Waals surface area contributed by atoms with Gasteiger partial charge in [-0.25, -0.2) is 4.79 Å². The third kappa shape index (κ3) is 3.85. The van der Waals surface area contributed by atoms with Gasteiger partial charge in [-0.3, -0.25) is 9.89 Å². The standard InChI is InChI=1S/C19H20N4O4S/c1-23-8-6-13(7-9-23)27-12-4-2-11(3-5-12)18(24)20-17-16-14(21-22-17)10-15(28-16)19(25)26/h2-5,10,13H,6-9H2,1H3,(H,25,26)(H2,20,21,22,24). The number of ether oxygens (including phenoxy) is 1. The number of carbonyl (C=O) groups excluding carboxylic acids is 1. The molecule has 1 aliphatic rings. The van der Waals surface area contributed by atoms with Crippen LogP contribution in [-0.4, -0.2) is 58.3 Å². The number of aromatic carboxylic acids is 1. The van der Waals surface area contributed by atoms with Gasteiger partial charge in [0.2, 0.25) is 0 Å². The van der Waals surface area contributed by atoms with Gasteiger partial charge in [-0.15, -0.1) is 11.3 Å². The maximum absolute atomic E-state index is 12.5. The van der Waals surface area contributed by atoms with Crippen LogP contribution in [0.3, 0.4) is 0 Å². The highest BCUT2D eigenvalue weighted by molar-refractivity contribution is 7.21. The van der Waals surface area contributed by atoms with E-state index in [1.54, 1.807) is 24.3 Å².